The van der Waals surface area contributed by atoms with Gasteiger partial charge in [0.15, 0.2) is 0 Å². The molecule has 0 aliphatic carbocycles. The Bertz CT molecular complexity index is 501. The van der Waals surface area contributed by atoms with E-state index in [1.165, 1.54) is 11.8 Å². The summed E-state index contributed by atoms with van der Waals surface area (Å²) in [5, 5.41) is 0. The molecular weight excluding hydrogens is 312 g/mol. The molecule has 0 spiro atoms. The van der Waals surface area contributed by atoms with Gasteiger partial charge in [-0.25, -0.2) is 13.1 Å². The maximum atomic E-state index is 11.7. The molecule has 0 saturated carbocycles. The molecule has 0 atom stereocenters. The van der Waals surface area contributed by atoms with E-state index in [0.717, 1.165) is 16.4 Å². The van der Waals surface area contributed by atoms with Gasteiger partial charge in [-0.3, -0.25) is 0 Å². The van der Waals surface area contributed by atoms with Crippen molar-refractivity contribution in [2.45, 2.75) is 4.90 Å². The van der Waals surface area contributed by atoms with Gasteiger partial charge in [-0.05, 0) is 24.3 Å². The zero-order valence-corrected chi connectivity index (χ0v) is 13.7. The van der Waals surface area contributed by atoms with Crippen LogP contribution in [-0.2, 0) is 10.0 Å². The molecule has 0 unspecified atom stereocenters. The molecule has 1 aromatic carbocycles. The second kappa shape index (κ2) is 9.33. The molecule has 112 valence electrons. The van der Waals surface area contributed by atoms with Crippen molar-refractivity contribution in [3.8, 4) is 0 Å². The van der Waals surface area contributed by atoms with E-state index >= 15 is 0 Å². The van der Waals surface area contributed by atoms with Gasteiger partial charge in [0.2, 0.25) is 10.0 Å². The predicted octanol–water partition coefficient (Wildman–Crippen LogP) is 2.20. The minimum Gasteiger partial charge on any atom is -0.399 e. The van der Waals surface area contributed by atoms with Crippen LogP contribution in [0.2, 0.25) is 0 Å². The van der Waals surface area contributed by atoms with Gasteiger partial charge in [-0.1, -0.05) is 6.08 Å². The monoisotopic (exact) mass is 332 g/mol. The molecule has 7 heteroatoms. The molecule has 0 heterocycles. The summed E-state index contributed by atoms with van der Waals surface area (Å²) in [6.07, 6.45) is 1.81. The Morgan fingerprint density at radius 1 is 1.25 bits per heavy atom. The number of anilines is 1. The van der Waals surface area contributed by atoms with Gasteiger partial charge in [0.05, 0.1) is 5.75 Å². The molecule has 0 aromatic heterocycles. The number of hydrogen-bond acceptors (Lipinski definition) is 5. The Hall–Kier alpha value is -0.630. The zero-order valence-electron chi connectivity index (χ0n) is 11.2. The molecule has 0 aliphatic heterocycles. The van der Waals surface area contributed by atoms with E-state index in [4.69, 9.17) is 5.73 Å². The lowest BCUT2D eigenvalue weighted by Gasteiger charge is -2.06. The molecule has 0 bridgehead atoms. The summed E-state index contributed by atoms with van der Waals surface area (Å²) in [5.74, 6) is 2.25. The molecule has 0 fully saturated rings. The van der Waals surface area contributed by atoms with E-state index in [1.54, 1.807) is 11.8 Å². The van der Waals surface area contributed by atoms with Crippen molar-refractivity contribution in [1.29, 1.82) is 0 Å². The Balaban J connectivity index is 2.22. The quantitative estimate of drug-likeness (QED) is 0.297. The highest BCUT2D eigenvalue weighted by atomic mass is 32.2. The van der Waals surface area contributed by atoms with E-state index in [-0.39, 0.29) is 5.75 Å². The lowest BCUT2D eigenvalue weighted by molar-refractivity contribution is 0.586. The van der Waals surface area contributed by atoms with E-state index in [0.29, 0.717) is 18.0 Å². The van der Waals surface area contributed by atoms with Crippen molar-refractivity contribution in [2.75, 3.05) is 35.3 Å². The number of sulfonamides is 1. The first-order chi connectivity index (χ1) is 9.53. The Kier molecular flexibility index (Phi) is 8.13. The smallest absolute Gasteiger partial charge is 0.212 e. The minimum absolute atomic E-state index is 0.119. The van der Waals surface area contributed by atoms with E-state index in [2.05, 4.69) is 11.3 Å². The first kappa shape index (κ1) is 17.4. The molecule has 0 radical (unpaired) electrons. The molecule has 20 heavy (non-hydrogen) atoms. The van der Waals surface area contributed by atoms with Gasteiger partial charge in [0.25, 0.3) is 0 Å². The third kappa shape index (κ3) is 7.84. The van der Waals surface area contributed by atoms with E-state index in [1.807, 2.05) is 30.3 Å². The lowest BCUT2D eigenvalue weighted by atomic mass is 10.3. The van der Waals surface area contributed by atoms with Crippen molar-refractivity contribution >= 4 is 39.2 Å². The number of nitrogens with one attached hydrogen (secondary N) is 1. The fourth-order valence-corrected chi connectivity index (χ4v) is 4.38. The number of hydrogen-bond donors (Lipinski definition) is 2. The van der Waals surface area contributed by atoms with E-state index in [9.17, 15) is 8.42 Å². The normalized spacial score (nSPS) is 11.4. The maximum absolute atomic E-state index is 11.7. The average Bonchev–Trinajstić information content (AvgIpc) is 2.40. The predicted molar refractivity (Wildman–Crippen MR) is 90.9 cm³/mol. The van der Waals surface area contributed by atoms with Crippen molar-refractivity contribution in [2.24, 2.45) is 0 Å². The summed E-state index contributed by atoms with van der Waals surface area (Å²) in [4.78, 5) is 1.02. The maximum Gasteiger partial charge on any atom is 0.212 e. The van der Waals surface area contributed by atoms with Crippen molar-refractivity contribution < 1.29 is 8.42 Å². The molecule has 0 aliphatic rings. The van der Waals surface area contributed by atoms with Crippen LogP contribution in [0.5, 0.6) is 0 Å². The second-order valence-corrected chi connectivity index (χ2v) is 8.24. The number of nitrogens with two attached hydrogens (primary N) is 1. The van der Waals surface area contributed by atoms with Crippen molar-refractivity contribution in [1.82, 2.24) is 4.72 Å². The van der Waals surface area contributed by atoms with Gasteiger partial charge in [0, 0.05) is 34.4 Å². The standard InChI is InChI=1S/C13H20N2O2S3/c1-2-8-18-9-7-15-20(16,17)11-10-19-13-5-3-12(14)4-6-13/h2-6,15H,1,7-11,14H2. The Morgan fingerprint density at radius 2 is 1.95 bits per heavy atom. The molecule has 1 rings (SSSR count). The van der Waals surface area contributed by atoms with Gasteiger partial charge in [-0.15, -0.1) is 18.3 Å². The zero-order chi connectivity index (χ0) is 14.8. The Labute approximate surface area is 129 Å². The summed E-state index contributed by atoms with van der Waals surface area (Å²) in [6.45, 7) is 4.08. The molecule has 1 aromatic rings. The fourth-order valence-electron chi connectivity index (χ4n) is 1.34. The topological polar surface area (TPSA) is 72.2 Å². The van der Waals surface area contributed by atoms with Gasteiger partial charge < -0.3 is 5.73 Å². The second-order valence-electron chi connectivity index (χ2n) is 3.99. The van der Waals surface area contributed by atoms with Crippen LogP contribution >= 0.6 is 23.5 Å². The average molecular weight is 333 g/mol. The van der Waals surface area contributed by atoms with Crippen molar-refractivity contribution in [3.05, 3.63) is 36.9 Å². The number of thioether (sulfide) groups is 2. The summed E-state index contributed by atoms with van der Waals surface area (Å²) in [5.41, 5.74) is 6.30. The van der Waals surface area contributed by atoms with Crippen LogP contribution in [0.15, 0.2) is 41.8 Å². The van der Waals surface area contributed by atoms with Crippen LogP contribution in [0.25, 0.3) is 0 Å². The van der Waals surface area contributed by atoms with Crippen LogP contribution in [0.3, 0.4) is 0 Å². The molecule has 4 nitrogen and oxygen atoms in total. The van der Waals surface area contributed by atoms with Gasteiger partial charge in [-0.2, -0.15) is 11.8 Å². The SMILES string of the molecule is C=CCSCCNS(=O)(=O)CCSc1ccc(N)cc1. The summed E-state index contributed by atoms with van der Waals surface area (Å²) in [7, 11) is -3.18. The highest BCUT2D eigenvalue weighted by molar-refractivity contribution is 8.00. The number of benzene rings is 1. The third-order valence-electron chi connectivity index (χ3n) is 2.30. The van der Waals surface area contributed by atoms with Crippen LogP contribution in [0.1, 0.15) is 0 Å². The van der Waals surface area contributed by atoms with E-state index < -0.39 is 10.0 Å². The first-order valence-corrected chi connectivity index (χ1v) is 9.97. The minimum atomic E-state index is -3.18. The molecule has 3 N–H and O–H groups in total. The van der Waals surface area contributed by atoms with Gasteiger partial charge >= 0.3 is 0 Å². The first-order valence-electron chi connectivity index (χ1n) is 6.18. The third-order valence-corrected chi connectivity index (χ3v) is 5.93. The lowest BCUT2D eigenvalue weighted by Crippen LogP contribution is -2.29. The summed E-state index contributed by atoms with van der Waals surface area (Å²) < 4.78 is 26.1. The van der Waals surface area contributed by atoms with Crippen LogP contribution in [0, 0.1) is 0 Å². The number of rotatable bonds is 10. The van der Waals surface area contributed by atoms with Crippen LogP contribution in [-0.4, -0.2) is 38.0 Å². The molecular formula is C13H20N2O2S3. The largest absolute Gasteiger partial charge is 0.399 e. The summed E-state index contributed by atoms with van der Waals surface area (Å²) in [6, 6.07) is 7.41. The molecule has 0 amide bonds. The van der Waals surface area contributed by atoms with Gasteiger partial charge in [0.1, 0.15) is 0 Å². The fraction of sp³-hybridized carbons (Fsp3) is 0.385. The summed E-state index contributed by atoms with van der Waals surface area (Å²) >= 11 is 3.16. The highest BCUT2D eigenvalue weighted by Gasteiger charge is 2.09. The molecule has 0 saturated heterocycles. The number of nitrogen functional groups attached to an aromatic ring is 1. The van der Waals surface area contributed by atoms with Crippen molar-refractivity contribution in [3.63, 3.8) is 0 Å². The van der Waals surface area contributed by atoms with Crippen LogP contribution in [0.4, 0.5) is 5.69 Å². The Morgan fingerprint density at radius 3 is 2.60 bits per heavy atom. The highest BCUT2D eigenvalue weighted by Crippen LogP contribution is 2.19. The van der Waals surface area contributed by atoms with Crippen LogP contribution < -0.4 is 10.5 Å².